The Balaban J connectivity index is 2.21. The summed E-state index contributed by atoms with van der Waals surface area (Å²) in [6.45, 7) is 8.85. The van der Waals surface area contributed by atoms with Gasteiger partial charge < -0.3 is 24.4 Å². The van der Waals surface area contributed by atoms with Gasteiger partial charge in [0.1, 0.15) is 5.69 Å². The van der Waals surface area contributed by atoms with Gasteiger partial charge in [-0.1, -0.05) is 12.1 Å². The molecule has 0 spiro atoms. The number of carbonyl (C=O) groups excluding carboxylic acids is 2. The molecule has 2 amide bonds. The van der Waals surface area contributed by atoms with Crippen molar-refractivity contribution in [1.82, 2.24) is 24.8 Å². The molecule has 0 aromatic carbocycles. The number of aliphatic hydroxyl groups is 1. The van der Waals surface area contributed by atoms with Crippen molar-refractivity contribution in [2.75, 3.05) is 26.7 Å². The van der Waals surface area contributed by atoms with Gasteiger partial charge >= 0.3 is 6.09 Å². The van der Waals surface area contributed by atoms with Crippen molar-refractivity contribution in [2.24, 2.45) is 5.92 Å². The molecule has 0 radical (unpaired) electrons. The Hall–Kier alpha value is -2.20. The van der Waals surface area contributed by atoms with Crippen LogP contribution >= 0.6 is 0 Å². The number of ether oxygens (including phenoxy) is 2. The summed E-state index contributed by atoms with van der Waals surface area (Å²) in [5, 5.41) is 17.9. The second kappa shape index (κ2) is 11.3. The SMILES string of the molecule is CC(C)OC(=O)N(C)C[C@@H]1OCc2cn(nn2)CCCC(=O)N([C@H](C)CO)C[C@@H]1C. The Bertz CT molecular complexity index is 695. The van der Waals surface area contributed by atoms with E-state index in [9.17, 15) is 14.7 Å². The van der Waals surface area contributed by atoms with E-state index in [0.717, 1.165) is 0 Å². The summed E-state index contributed by atoms with van der Waals surface area (Å²) in [5.74, 6) is -0.109. The first-order valence-corrected chi connectivity index (χ1v) is 10.5. The minimum absolute atomic E-state index is 0.0192. The minimum Gasteiger partial charge on any atom is -0.447 e. The van der Waals surface area contributed by atoms with Gasteiger partial charge in [0.25, 0.3) is 0 Å². The number of rotatable bonds is 5. The van der Waals surface area contributed by atoms with Gasteiger partial charge in [-0.15, -0.1) is 5.10 Å². The summed E-state index contributed by atoms with van der Waals surface area (Å²) in [7, 11) is 1.66. The first-order valence-electron chi connectivity index (χ1n) is 10.5. The van der Waals surface area contributed by atoms with E-state index in [4.69, 9.17) is 9.47 Å². The van der Waals surface area contributed by atoms with Crippen LogP contribution in [-0.4, -0.2) is 86.9 Å². The quantitative estimate of drug-likeness (QED) is 0.757. The normalized spacial score (nSPS) is 22.1. The van der Waals surface area contributed by atoms with Crippen LogP contribution in [0.4, 0.5) is 4.79 Å². The summed E-state index contributed by atoms with van der Waals surface area (Å²) >= 11 is 0. The van der Waals surface area contributed by atoms with Crippen LogP contribution in [-0.2, 0) is 27.4 Å². The molecular formula is C20H35N5O5. The molecule has 0 unspecified atom stereocenters. The smallest absolute Gasteiger partial charge is 0.409 e. The number of carbonyl (C=O) groups is 2. The standard InChI is InChI=1S/C20H35N5O5/c1-14(2)30-20(28)23(5)11-18-15(3)9-25(16(4)12-26)19(27)7-6-8-24-10-17(13-29-18)21-22-24/h10,14-16,18,26H,6-9,11-13H2,1-5H3/t15-,16+,18-/m0/s1. The van der Waals surface area contributed by atoms with Crippen LogP contribution in [0.15, 0.2) is 6.20 Å². The predicted octanol–water partition coefficient (Wildman–Crippen LogP) is 1.28. The molecule has 1 aliphatic heterocycles. The summed E-state index contributed by atoms with van der Waals surface area (Å²) in [6, 6.07) is -0.299. The Labute approximate surface area is 178 Å². The van der Waals surface area contributed by atoms with E-state index in [0.29, 0.717) is 38.2 Å². The zero-order valence-electron chi connectivity index (χ0n) is 18.7. The van der Waals surface area contributed by atoms with Gasteiger partial charge in [0.2, 0.25) is 5.91 Å². The third kappa shape index (κ3) is 6.94. The van der Waals surface area contributed by atoms with Crippen LogP contribution < -0.4 is 0 Å². The second-order valence-electron chi connectivity index (χ2n) is 8.29. The van der Waals surface area contributed by atoms with Crippen molar-refractivity contribution >= 4 is 12.0 Å². The largest absolute Gasteiger partial charge is 0.447 e. The highest BCUT2D eigenvalue weighted by Crippen LogP contribution is 2.18. The highest BCUT2D eigenvalue weighted by molar-refractivity contribution is 5.76. The third-order valence-corrected chi connectivity index (χ3v) is 5.15. The summed E-state index contributed by atoms with van der Waals surface area (Å²) in [5.41, 5.74) is 0.700. The van der Waals surface area contributed by atoms with Crippen LogP contribution in [0.2, 0.25) is 0 Å². The zero-order chi connectivity index (χ0) is 22.3. The molecule has 1 aromatic rings. The predicted molar refractivity (Wildman–Crippen MR) is 110 cm³/mol. The molecule has 10 heteroatoms. The molecule has 1 aliphatic rings. The Morgan fingerprint density at radius 1 is 1.43 bits per heavy atom. The van der Waals surface area contributed by atoms with Gasteiger partial charge in [-0.3, -0.25) is 9.48 Å². The molecular weight excluding hydrogens is 390 g/mol. The van der Waals surface area contributed by atoms with Crippen LogP contribution in [0, 0.1) is 5.92 Å². The molecule has 0 saturated carbocycles. The lowest BCUT2D eigenvalue weighted by Crippen LogP contribution is -2.47. The van der Waals surface area contributed by atoms with Crippen molar-refractivity contribution in [1.29, 1.82) is 0 Å². The number of aryl methyl sites for hydroxylation is 1. The van der Waals surface area contributed by atoms with E-state index in [1.165, 1.54) is 4.90 Å². The molecule has 0 saturated heterocycles. The molecule has 170 valence electrons. The minimum atomic E-state index is -0.425. The fraction of sp³-hybridized carbons (Fsp3) is 0.800. The van der Waals surface area contributed by atoms with Crippen molar-refractivity contribution in [3.63, 3.8) is 0 Å². The lowest BCUT2D eigenvalue weighted by atomic mass is 10.0. The van der Waals surface area contributed by atoms with Gasteiger partial charge in [-0.05, 0) is 27.2 Å². The molecule has 0 aliphatic carbocycles. The summed E-state index contributed by atoms with van der Waals surface area (Å²) in [4.78, 5) is 28.3. The van der Waals surface area contributed by atoms with Crippen LogP contribution in [0.1, 0.15) is 46.2 Å². The lowest BCUT2D eigenvalue weighted by molar-refractivity contribution is -0.136. The molecule has 1 N–H and O–H groups in total. The van der Waals surface area contributed by atoms with Crippen molar-refractivity contribution in [2.45, 2.75) is 71.9 Å². The fourth-order valence-corrected chi connectivity index (χ4v) is 3.33. The number of likely N-dealkylation sites (N-methyl/N-ethyl adjacent to an activating group) is 1. The van der Waals surface area contributed by atoms with E-state index in [2.05, 4.69) is 10.3 Å². The van der Waals surface area contributed by atoms with Crippen molar-refractivity contribution in [3.8, 4) is 0 Å². The average Bonchev–Trinajstić information content (AvgIpc) is 3.14. The number of aliphatic hydroxyl groups excluding tert-OH is 1. The van der Waals surface area contributed by atoms with Crippen LogP contribution in [0.5, 0.6) is 0 Å². The number of aromatic nitrogens is 3. The number of nitrogens with zero attached hydrogens (tertiary/aromatic N) is 5. The van der Waals surface area contributed by atoms with Crippen LogP contribution in [0.25, 0.3) is 0 Å². The van der Waals surface area contributed by atoms with Crippen molar-refractivity contribution in [3.05, 3.63) is 11.9 Å². The monoisotopic (exact) mass is 425 g/mol. The maximum absolute atomic E-state index is 12.8. The van der Waals surface area contributed by atoms with E-state index in [1.54, 1.807) is 30.5 Å². The maximum atomic E-state index is 12.8. The summed E-state index contributed by atoms with van der Waals surface area (Å²) < 4.78 is 13.1. The average molecular weight is 426 g/mol. The molecule has 30 heavy (non-hydrogen) atoms. The van der Waals surface area contributed by atoms with Crippen LogP contribution in [0.3, 0.4) is 0 Å². The molecule has 2 rings (SSSR count). The molecule has 10 nitrogen and oxygen atoms in total. The molecule has 2 bridgehead atoms. The van der Waals surface area contributed by atoms with E-state index in [-0.39, 0.29) is 43.3 Å². The third-order valence-electron chi connectivity index (χ3n) is 5.15. The Morgan fingerprint density at radius 2 is 2.17 bits per heavy atom. The highest BCUT2D eigenvalue weighted by atomic mass is 16.6. The van der Waals surface area contributed by atoms with Gasteiger partial charge in [0.05, 0.1) is 44.2 Å². The number of fused-ring (bicyclic) bond motifs is 2. The Morgan fingerprint density at radius 3 is 2.83 bits per heavy atom. The number of hydrogen-bond acceptors (Lipinski definition) is 7. The first-order chi connectivity index (χ1) is 14.2. The second-order valence-corrected chi connectivity index (χ2v) is 8.29. The van der Waals surface area contributed by atoms with Gasteiger partial charge in [0, 0.05) is 32.5 Å². The van der Waals surface area contributed by atoms with Gasteiger partial charge in [-0.25, -0.2) is 4.79 Å². The molecule has 3 atom stereocenters. The first kappa shape index (κ1) is 24.1. The van der Waals surface area contributed by atoms with Gasteiger partial charge in [0.15, 0.2) is 0 Å². The topological polar surface area (TPSA) is 110 Å². The lowest BCUT2D eigenvalue weighted by Gasteiger charge is -2.35. The van der Waals surface area contributed by atoms with E-state index >= 15 is 0 Å². The van der Waals surface area contributed by atoms with Gasteiger partial charge in [-0.2, -0.15) is 0 Å². The Kier molecular flexibility index (Phi) is 9.04. The molecule has 0 fully saturated rings. The molecule has 2 heterocycles. The summed E-state index contributed by atoms with van der Waals surface area (Å²) in [6.07, 6.45) is 1.81. The van der Waals surface area contributed by atoms with Crippen molar-refractivity contribution < 1.29 is 24.2 Å². The highest BCUT2D eigenvalue weighted by Gasteiger charge is 2.29. The van der Waals surface area contributed by atoms with E-state index in [1.807, 2.05) is 20.0 Å². The number of amides is 2. The fourth-order valence-electron chi connectivity index (χ4n) is 3.33. The molecule has 1 aromatic heterocycles. The maximum Gasteiger partial charge on any atom is 0.409 e. The van der Waals surface area contributed by atoms with E-state index < -0.39 is 6.09 Å². The zero-order valence-corrected chi connectivity index (χ0v) is 18.7. The number of hydrogen-bond donors (Lipinski definition) is 1.